The Balaban J connectivity index is 1.54. The first-order valence-electron chi connectivity index (χ1n) is 8.91. The van der Waals surface area contributed by atoms with Gasteiger partial charge in [0.05, 0.1) is 0 Å². The number of unbranched alkanes of at least 4 members (excludes halogenated alkanes) is 3. The summed E-state index contributed by atoms with van der Waals surface area (Å²) in [5.74, 6) is 0.402. The van der Waals surface area contributed by atoms with Gasteiger partial charge in [0.1, 0.15) is 5.69 Å². The summed E-state index contributed by atoms with van der Waals surface area (Å²) in [6.45, 7) is 3.14. The second-order valence-corrected chi connectivity index (χ2v) is 6.05. The van der Waals surface area contributed by atoms with Crippen molar-refractivity contribution in [2.24, 2.45) is 0 Å². The molecule has 1 amide bonds. The highest BCUT2D eigenvalue weighted by Crippen LogP contribution is 2.11. The maximum atomic E-state index is 12.1. The number of amides is 1. The molecule has 0 spiro atoms. The van der Waals surface area contributed by atoms with Gasteiger partial charge in [0.2, 0.25) is 5.82 Å². The minimum Gasteiger partial charge on any atom is -0.351 e. The number of aromatic nitrogens is 6. The molecule has 1 N–H and O–H groups in total. The second-order valence-electron chi connectivity index (χ2n) is 6.05. The van der Waals surface area contributed by atoms with Crippen molar-refractivity contribution in [3.05, 3.63) is 48.3 Å². The zero-order chi connectivity index (χ0) is 18.2. The summed E-state index contributed by atoms with van der Waals surface area (Å²) >= 11 is 0. The Bertz CT molecular complexity index is 825. The summed E-state index contributed by atoms with van der Waals surface area (Å²) in [5.41, 5.74) is 1.30. The number of hydrogen-bond acceptors (Lipinski definition) is 5. The van der Waals surface area contributed by atoms with Gasteiger partial charge in [0.25, 0.3) is 5.91 Å². The lowest BCUT2D eigenvalue weighted by Gasteiger charge is -2.02. The Morgan fingerprint density at radius 3 is 2.73 bits per heavy atom. The molecule has 2 heterocycles. The fourth-order valence-corrected chi connectivity index (χ4v) is 2.54. The highest BCUT2D eigenvalue weighted by molar-refractivity contribution is 5.92. The van der Waals surface area contributed by atoms with Crippen LogP contribution < -0.4 is 5.32 Å². The molecule has 8 nitrogen and oxygen atoms in total. The highest BCUT2D eigenvalue weighted by Gasteiger charge is 2.10. The first kappa shape index (κ1) is 17.8. The fourth-order valence-electron chi connectivity index (χ4n) is 2.54. The number of hydrogen-bond donors (Lipinski definition) is 1. The van der Waals surface area contributed by atoms with E-state index in [2.05, 4.69) is 32.7 Å². The van der Waals surface area contributed by atoms with Crippen LogP contribution >= 0.6 is 0 Å². The highest BCUT2D eigenvalue weighted by atomic mass is 16.1. The molecule has 0 atom stereocenters. The lowest BCUT2D eigenvalue weighted by Crippen LogP contribution is -2.25. The molecule has 0 aliphatic carbocycles. The Morgan fingerprint density at radius 1 is 1.08 bits per heavy atom. The molecule has 8 heteroatoms. The van der Waals surface area contributed by atoms with E-state index in [-0.39, 0.29) is 5.91 Å². The van der Waals surface area contributed by atoms with E-state index in [1.807, 2.05) is 30.3 Å². The molecule has 0 saturated heterocycles. The lowest BCUT2D eigenvalue weighted by molar-refractivity contribution is 0.0947. The van der Waals surface area contributed by atoms with Gasteiger partial charge in [-0.3, -0.25) is 4.79 Å². The van der Waals surface area contributed by atoms with Crippen LogP contribution in [0, 0.1) is 0 Å². The molecule has 0 unspecified atom stereocenters. The van der Waals surface area contributed by atoms with E-state index in [1.165, 1.54) is 17.6 Å². The largest absolute Gasteiger partial charge is 0.351 e. The molecule has 0 radical (unpaired) electrons. The van der Waals surface area contributed by atoms with Crippen LogP contribution in [0.3, 0.4) is 0 Å². The molecule has 0 aliphatic heterocycles. The van der Waals surface area contributed by atoms with Crippen molar-refractivity contribution >= 4 is 5.91 Å². The third-order valence-corrected chi connectivity index (χ3v) is 3.95. The summed E-state index contributed by atoms with van der Waals surface area (Å²) in [5, 5.41) is 19.6. The van der Waals surface area contributed by atoms with Crippen LogP contribution in [-0.2, 0) is 6.67 Å². The predicted molar refractivity (Wildman–Crippen MR) is 97.4 cm³/mol. The van der Waals surface area contributed by atoms with Gasteiger partial charge >= 0.3 is 0 Å². The average Bonchev–Trinajstić information content (AvgIpc) is 3.32. The van der Waals surface area contributed by atoms with E-state index in [0.29, 0.717) is 24.7 Å². The van der Waals surface area contributed by atoms with Gasteiger partial charge in [-0.05, 0) is 17.7 Å². The third-order valence-electron chi connectivity index (χ3n) is 3.95. The maximum absolute atomic E-state index is 12.1. The summed E-state index contributed by atoms with van der Waals surface area (Å²) in [7, 11) is 0. The topological polar surface area (TPSA) is 90.5 Å². The van der Waals surface area contributed by atoms with Gasteiger partial charge in [-0.25, -0.2) is 4.68 Å². The molecular weight excluding hydrogens is 330 g/mol. The van der Waals surface area contributed by atoms with Gasteiger partial charge in [-0.1, -0.05) is 56.5 Å². The number of rotatable bonds is 9. The predicted octanol–water partition coefficient (Wildman–Crippen LogP) is 2.35. The van der Waals surface area contributed by atoms with Crippen molar-refractivity contribution < 1.29 is 4.79 Å². The second kappa shape index (κ2) is 8.89. The van der Waals surface area contributed by atoms with Crippen LogP contribution in [0.4, 0.5) is 0 Å². The molecule has 0 saturated carbocycles. The Morgan fingerprint density at radius 2 is 1.92 bits per heavy atom. The van der Waals surface area contributed by atoms with Gasteiger partial charge < -0.3 is 5.32 Å². The van der Waals surface area contributed by atoms with E-state index < -0.39 is 0 Å². The Kier molecular flexibility index (Phi) is 6.08. The molecule has 2 aromatic heterocycles. The third kappa shape index (κ3) is 4.75. The lowest BCUT2D eigenvalue weighted by atomic mass is 10.2. The van der Waals surface area contributed by atoms with Crippen LogP contribution in [0.25, 0.3) is 11.4 Å². The Labute approximate surface area is 152 Å². The average molecular weight is 353 g/mol. The molecule has 136 valence electrons. The van der Waals surface area contributed by atoms with Crippen molar-refractivity contribution in [2.45, 2.75) is 39.3 Å². The van der Waals surface area contributed by atoms with Crippen LogP contribution in [-0.4, -0.2) is 42.4 Å². The number of nitrogens with one attached hydrogen (secondary N) is 1. The summed E-state index contributed by atoms with van der Waals surface area (Å²) in [4.78, 5) is 13.5. The summed E-state index contributed by atoms with van der Waals surface area (Å²) in [6, 6.07) is 11.3. The minimum atomic E-state index is -0.156. The number of benzene rings is 1. The van der Waals surface area contributed by atoms with Gasteiger partial charge in [-0.2, -0.15) is 5.10 Å². The maximum Gasteiger partial charge on any atom is 0.271 e. The molecule has 3 rings (SSSR count). The van der Waals surface area contributed by atoms with Crippen molar-refractivity contribution in [3.63, 3.8) is 0 Å². The Hall–Kier alpha value is -3.03. The first-order valence-corrected chi connectivity index (χ1v) is 8.91. The van der Waals surface area contributed by atoms with Crippen LogP contribution in [0.1, 0.15) is 43.1 Å². The van der Waals surface area contributed by atoms with Gasteiger partial charge in [0.15, 0.2) is 6.67 Å². The van der Waals surface area contributed by atoms with Crippen LogP contribution in [0.2, 0.25) is 0 Å². The normalized spacial score (nSPS) is 10.8. The van der Waals surface area contributed by atoms with Crippen LogP contribution in [0.5, 0.6) is 0 Å². The number of tetrazole rings is 1. The zero-order valence-electron chi connectivity index (χ0n) is 14.9. The first-order chi connectivity index (χ1) is 12.8. The monoisotopic (exact) mass is 353 g/mol. The van der Waals surface area contributed by atoms with Gasteiger partial charge in [-0.15, -0.1) is 15.0 Å². The summed E-state index contributed by atoms with van der Waals surface area (Å²) < 4.78 is 1.61. The van der Waals surface area contributed by atoms with Gasteiger partial charge in [0, 0.05) is 18.3 Å². The molecule has 0 bridgehead atoms. The number of carbonyl (C=O) groups is 1. The van der Waals surface area contributed by atoms with Crippen LogP contribution in [0.15, 0.2) is 42.6 Å². The molecule has 3 aromatic rings. The van der Waals surface area contributed by atoms with Crippen molar-refractivity contribution in [1.82, 2.24) is 35.3 Å². The molecule has 0 aliphatic rings. The number of nitrogens with zero attached hydrogens (tertiary/aromatic N) is 6. The summed E-state index contributed by atoms with van der Waals surface area (Å²) in [6.07, 6.45) is 6.23. The molecule has 0 fully saturated rings. The standard InChI is InChI=1S/C18H23N7O/c1-2-3-4-8-12-19-18(26)16-11-13-24(21-16)14-25-22-17(20-23-25)15-9-6-5-7-10-15/h5-7,9-11,13H,2-4,8,12,14H2,1H3,(H,19,26). The van der Waals surface area contributed by atoms with Crippen molar-refractivity contribution in [3.8, 4) is 11.4 Å². The number of carbonyl (C=O) groups excluding carboxylic acids is 1. The molecule has 26 heavy (non-hydrogen) atoms. The van der Waals surface area contributed by atoms with E-state index in [4.69, 9.17) is 0 Å². The van der Waals surface area contributed by atoms with Crippen molar-refractivity contribution in [1.29, 1.82) is 0 Å². The SMILES string of the molecule is CCCCCCNC(=O)c1ccn(Cn2nnc(-c3ccccc3)n2)n1. The molecule has 1 aromatic carbocycles. The van der Waals surface area contributed by atoms with E-state index in [9.17, 15) is 4.79 Å². The van der Waals surface area contributed by atoms with E-state index >= 15 is 0 Å². The molecular formula is C18H23N7O. The smallest absolute Gasteiger partial charge is 0.271 e. The zero-order valence-corrected chi connectivity index (χ0v) is 14.9. The quantitative estimate of drug-likeness (QED) is 0.596. The fraction of sp³-hybridized carbons (Fsp3) is 0.389. The van der Waals surface area contributed by atoms with Crippen molar-refractivity contribution in [2.75, 3.05) is 6.54 Å². The minimum absolute atomic E-state index is 0.156. The van der Waals surface area contributed by atoms with E-state index in [0.717, 1.165) is 18.4 Å². The van der Waals surface area contributed by atoms with E-state index in [1.54, 1.807) is 16.9 Å².